The summed E-state index contributed by atoms with van der Waals surface area (Å²) in [5.41, 5.74) is 1.24. The van der Waals surface area contributed by atoms with Gasteiger partial charge in [0, 0.05) is 5.69 Å². The number of ether oxygens (including phenoxy) is 3. The van der Waals surface area contributed by atoms with Crippen molar-refractivity contribution in [2.45, 2.75) is 13.8 Å². The molecule has 1 heterocycles. The summed E-state index contributed by atoms with van der Waals surface area (Å²) in [5.74, 6) is -2.02. The summed E-state index contributed by atoms with van der Waals surface area (Å²) in [6, 6.07) is 14.2. The molecule has 0 radical (unpaired) electrons. The Morgan fingerprint density at radius 1 is 1.03 bits per heavy atom. The highest BCUT2D eigenvalue weighted by molar-refractivity contribution is 5.94. The third-order valence-electron chi connectivity index (χ3n) is 4.66. The SMILES string of the molecule is CCOC(=O)c1nn(-c2ccccc2C)c(=O)cc1OCC(=O)Nc1ccc(C(=O)OC)cc1. The van der Waals surface area contributed by atoms with Crippen LogP contribution >= 0.6 is 0 Å². The van der Waals surface area contributed by atoms with Crippen molar-refractivity contribution in [2.24, 2.45) is 0 Å². The zero-order valence-electron chi connectivity index (χ0n) is 18.9. The number of methoxy groups -OCH3 is 1. The van der Waals surface area contributed by atoms with Gasteiger partial charge in [-0.15, -0.1) is 0 Å². The molecule has 3 aromatic rings. The number of carbonyl (C=O) groups is 3. The minimum absolute atomic E-state index is 0.0888. The molecule has 10 nitrogen and oxygen atoms in total. The normalized spacial score (nSPS) is 10.3. The summed E-state index contributed by atoms with van der Waals surface area (Å²) >= 11 is 0. The molecule has 1 aromatic heterocycles. The molecule has 0 saturated heterocycles. The Kier molecular flexibility index (Phi) is 7.75. The number of hydrogen-bond acceptors (Lipinski definition) is 8. The lowest BCUT2D eigenvalue weighted by Gasteiger charge is -2.13. The summed E-state index contributed by atoms with van der Waals surface area (Å²) in [4.78, 5) is 49.0. The van der Waals surface area contributed by atoms with Gasteiger partial charge in [-0.1, -0.05) is 18.2 Å². The maximum atomic E-state index is 12.7. The number of anilines is 1. The van der Waals surface area contributed by atoms with Crippen LogP contribution in [-0.4, -0.2) is 47.9 Å². The molecular weight excluding hydrogens is 442 g/mol. The minimum Gasteiger partial charge on any atom is -0.481 e. The van der Waals surface area contributed by atoms with Crippen molar-refractivity contribution in [3.63, 3.8) is 0 Å². The Hall–Kier alpha value is -4.47. The first-order valence-electron chi connectivity index (χ1n) is 10.3. The summed E-state index contributed by atoms with van der Waals surface area (Å²) in [6.07, 6.45) is 0. The molecule has 0 aliphatic rings. The van der Waals surface area contributed by atoms with E-state index in [1.54, 1.807) is 32.0 Å². The molecule has 0 saturated carbocycles. The van der Waals surface area contributed by atoms with E-state index in [0.717, 1.165) is 16.3 Å². The van der Waals surface area contributed by atoms with Crippen LogP contribution in [0.4, 0.5) is 5.69 Å². The molecule has 1 amide bonds. The summed E-state index contributed by atoms with van der Waals surface area (Å²) < 4.78 is 16.2. The van der Waals surface area contributed by atoms with E-state index in [1.165, 1.54) is 31.4 Å². The van der Waals surface area contributed by atoms with Crippen molar-refractivity contribution < 1.29 is 28.6 Å². The van der Waals surface area contributed by atoms with Crippen molar-refractivity contribution in [3.05, 3.63) is 81.8 Å². The van der Waals surface area contributed by atoms with Gasteiger partial charge in [-0.2, -0.15) is 9.78 Å². The van der Waals surface area contributed by atoms with Crippen molar-refractivity contribution in [2.75, 3.05) is 25.6 Å². The molecule has 0 fully saturated rings. The van der Waals surface area contributed by atoms with Gasteiger partial charge in [0.15, 0.2) is 12.4 Å². The number of esters is 2. The smallest absolute Gasteiger partial charge is 0.362 e. The summed E-state index contributed by atoms with van der Waals surface area (Å²) in [7, 11) is 1.27. The van der Waals surface area contributed by atoms with Gasteiger partial charge in [0.2, 0.25) is 5.69 Å². The Bertz CT molecular complexity index is 1270. The Morgan fingerprint density at radius 2 is 1.74 bits per heavy atom. The van der Waals surface area contributed by atoms with E-state index >= 15 is 0 Å². The third kappa shape index (κ3) is 5.66. The van der Waals surface area contributed by atoms with Gasteiger partial charge in [-0.05, 0) is 49.7 Å². The van der Waals surface area contributed by atoms with Gasteiger partial charge in [0.25, 0.3) is 11.5 Å². The average molecular weight is 465 g/mol. The minimum atomic E-state index is -0.793. The van der Waals surface area contributed by atoms with Gasteiger partial charge < -0.3 is 19.5 Å². The van der Waals surface area contributed by atoms with Gasteiger partial charge in [0.1, 0.15) is 0 Å². The van der Waals surface area contributed by atoms with E-state index in [2.05, 4.69) is 15.2 Å². The number of aryl methyl sites for hydroxylation is 1. The molecule has 0 spiro atoms. The zero-order chi connectivity index (χ0) is 24.7. The van der Waals surface area contributed by atoms with E-state index in [-0.39, 0.29) is 18.1 Å². The standard InChI is InChI=1S/C24H23N3O7/c1-4-33-24(31)22-19(13-21(29)27(26-22)18-8-6-5-7-15(18)2)34-14-20(28)25-17-11-9-16(10-12-17)23(30)32-3/h5-13H,4,14H2,1-3H3,(H,25,28). The lowest BCUT2D eigenvalue weighted by atomic mass is 10.2. The van der Waals surface area contributed by atoms with Crippen LogP contribution < -0.4 is 15.6 Å². The molecule has 1 N–H and O–H groups in total. The number of rotatable bonds is 8. The summed E-state index contributed by atoms with van der Waals surface area (Å²) in [5, 5.41) is 6.74. The van der Waals surface area contributed by atoms with E-state index in [1.807, 2.05) is 6.07 Å². The van der Waals surface area contributed by atoms with Crippen LogP contribution in [0.3, 0.4) is 0 Å². The molecule has 34 heavy (non-hydrogen) atoms. The van der Waals surface area contributed by atoms with Crippen molar-refractivity contribution in [1.29, 1.82) is 0 Å². The van der Waals surface area contributed by atoms with Gasteiger partial charge >= 0.3 is 11.9 Å². The Labute approximate surface area is 195 Å². The highest BCUT2D eigenvalue weighted by atomic mass is 16.5. The number of para-hydroxylation sites is 1. The lowest BCUT2D eigenvalue weighted by Crippen LogP contribution is -2.27. The number of hydrogen-bond donors (Lipinski definition) is 1. The quantitative estimate of drug-likeness (QED) is 0.503. The van der Waals surface area contributed by atoms with Crippen LogP contribution in [0.25, 0.3) is 5.69 Å². The second-order valence-electron chi connectivity index (χ2n) is 7.02. The molecule has 0 atom stereocenters. The second-order valence-corrected chi connectivity index (χ2v) is 7.02. The van der Waals surface area contributed by atoms with Crippen LogP contribution in [0.15, 0.2) is 59.4 Å². The first-order valence-corrected chi connectivity index (χ1v) is 10.3. The van der Waals surface area contributed by atoms with Crippen LogP contribution in [0, 0.1) is 6.92 Å². The van der Waals surface area contributed by atoms with E-state index in [9.17, 15) is 19.2 Å². The maximum Gasteiger partial charge on any atom is 0.362 e. The number of carbonyl (C=O) groups excluding carboxylic acids is 3. The van der Waals surface area contributed by atoms with Crippen LogP contribution in [0.1, 0.15) is 33.3 Å². The molecule has 0 unspecified atom stereocenters. The Morgan fingerprint density at radius 3 is 2.38 bits per heavy atom. The summed E-state index contributed by atoms with van der Waals surface area (Å²) in [6.45, 7) is 3.03. The Balaban J connectivity index is 1.80. The first-order chi connectivity index (χ1) is 16.3. The number of nitrogens with zero attached hydrogens (tertiary/aromatic N) is 2. The number of aromatic nitrogens is 2. The van der Waals surface area contributed by atoms with Crippen LogP contribution in [-0.2, 0) is 14.3 Å². The second kappa shape index (κ2) is 10.9. The molecular formula is C24H23N3O7. The first kappa shape index (κ1) is 24.2. The van der Waals surface area contributed by atoms with Gasteiger partial charge in [-0.25, -0.2) is 9.59 Å². The third-order valence-corrected chi connectivity index (χ3v) is 4.66. The largest absolute Gasteiger partial charge is 0.481 e. The molecule has 0 aliphatic carbocycles. The van der Waals surface area contributed by atoms with Crippen molar-refractivity contribution in [3.8, 4) is 11.4 Å². The van der Waals surface area contributed by atoms with E-state index in [0.29, 0.717) is 16.9 Å². The molecule has 176 valence electrons. The highest BCUT2D eigenvalue weighted by Gasteiger charge is 2.21. The van der Waals surface area contributed by atoms with Gasteiger partial charge in [0.05, 0.1) is 31.0 Å². The monoisotopic (exact) mass is 465 g/mol. The number of amides is 1. The fourth-order valence-corrected chi connectivity index (χ4v) is 3.01. The van der Waals surface area contributed by atoms with Gasteiger partial charge in [-0.3, -0.25) is 9.59 Å². The molecule has 2 aromatic carbocycles. The van der Waals surface area contributed by atoms with E-state index in [4.69, 9.17) is 9.47 Å². The van der Waals surface area contributed by atoms with E-state index < -0.39 is 30.0 Å². The fraction of sp³-hybridized carbons (Fsp3) is 0.208. The molecule has 3 rings (SSSR count). The number of nitrogens with one attached hydrogen (secondary N) is 1. The van der Waals surface area contributed by atoms with Crippen LogP contribution in [0.5, 0.6) is 5.75 Å². The topological polar surface area (TPSA) is 126 Å². The van der Waals surface area contributed by atoms with Crippen molar-refractivity contribution in [1.82, 2.24) is 9.78 Å². The highest BCUT2D eigenvalue weighted by Crippen LogP contribution is 2.18. The fourth-order valence-electron chi connectivity index (χ4n) is 3.01. The van der Waals surface area contributed by atoms with Crippen molar-refractivity contribution >= 4 is 23.5 Å². The predicted molar refractivity (Wildman–Crippen MR) is 122 cm³/mol. The number of benzene rings is 2. The lowest BCUT2D eigenvalue weighted by molar-refractivity contribution is -0.118. The average Bonchev–Trinajstić information content (AvgIpc) is 2.83. The molecule has 0 aliphatic heterocycles. The maximum absolute atomic E-state index is 12.7. The molecule has 10 heteroatoms. The predicted octanol–water partition coefficient (Wildman–Crippen LogP) is 2.52. The zero-order valence-corrected chi connectivity index (χ0v) is 18.9. The molecule has 0 bridgehead atoms. The van der Waals surface area contributed by atoms with Crippen LogP contribution in [0.2, 0.25) is 0 Å².